The number of rotatable bonds is 6. The summed E-state index contributed by atoms with van der Waals surface area (Å²) in [6.07, 6.45) is -2.42. The molecule has 0 spiro atoms. The van der Waals surface area contributed by atoms with E-state index in [0.717, 1.165) is 17.1 Å². The Morgan fingerprint density at radius 3 is 2.35 bits per heavy atom. The van der Waals surface area contributed by atoms with E-state index in [1.54, 1.807) is 36.4 Å². The van der Waals surface area contributed by atoms with Gasteiger partial charge in [0.25, 0.3) is 17.3 Å². The molecule has 1 aromatic carbocycles. The summed E-state index contributed by atoms with van der Waals surface area (Å²) in [6.45, 7) is 4.15. The lowest BCUT2D eigenvalue weighted by Crippen LogP contribution is -2.50. The topological polar surface area (TPSA) is 133 Å². The first-order chi connectivity index (χ1) is 18.9. The molecule has 0 radical (unpaired) electrons. The van der Waals surface area contributed by atoms with Crippen LogP contribution in [0.25, 0.3) is 0 Å². The van der Waals surface area contributed by atoms with Crippen molar-refractivity contribution < 1.29 is 42.0 Å². The molecule has 214 valence electrons. The second kappa shape index (κ2) is 13.0. The number of carbonyl (C=O) groups is 2. The van der Waals surface area contributed by atoms with Gasteiger partial charge >= 0.3 is 6.18 Å². The number of alkyl halides is 3. The first-order valence-corrected chi connectivity index (χ1v) is 12.2. The number of H-pyrrole nitrogens is 2. The number of amides is 1. The van der Waals surface area contributed by atoms with Crippen molar-refractivity contribution in [3.8, 4) is 5.75 Å². The SMILES string of the molecule is CCc1cc(Cc2ccc(F)c(C(=O)N3CCN(c4ccc(OC)c[nH+]4)CC3)c2)n[nH]c1=O.O=C([O-])C(F)(F)F. The Balaban J connectivity index is 0.000000559. The third kappa shape index (κ3) is 7.77. The van der Waals surface area contributed by atoms with Gasteiger partial charge < -0.3 is 19.5 Å². The van der Waals surface area contributed by atoms with E-state index in [2.05, 4.69) is 20.1 Å². The maximum atomic E-state index is 14.6. The molecule has 2 aromatic heterocycles. The molecular weight excluding hydrogens is 538 g/mol. The summed E-state index contributed by atoms with van der Waals surface area (Å²) in [4.78, 5) is 40.6. The van der Waals surface area contributed by atoms with Crippen LogP contribution in [-0.4, -0.2) is 66.4 Å². The molecule has 0 saturated carbocycles. The summed E-state index contributed by atoms with van der Waals surface area (Å²) in [5.41, 5.74) is 1.92. The number of carbonyl (C=O) groups excluding carboxylic acids is 2. The van der Waals surface area contributed by atoms with Gasteiger partial charge in [0.15, 0.2) is 5.75 Å². The maximum absolute atomic E-state index is 14.6. The molecule has 1 aliphatic rings. The number of hydrogen-bond acceptors (Lipinski definition) is 7. The standard InChI is InChI=1S/C24H26FN5O3.C2HF3O2/c1-3-17-14-18(27-28-23(17)31)12-16-4-6-21(25)20(13-16)24(32)30-10-8-29(9-11-30)22-7-5-19(33-2)15-26-22;3-2(4,5)1(6)7/h4-7,13-15H,3,8-12H2,1-2H3,(H,28,31);(H,6,7). The smallest absolute Gasteiger partial charge is 0.430 e. The van der Waals surface area contributed by atoms with Crippen LogP contribution in [0.4, 0.5) is 23.4 Å². The van der Waals surface area contributed by atoms with Crippen LogP contribution in [0.15, 0.2) is 47.4 Å². The summed E-state index contributed by atoms with van der Waals surface area (Å²) in [5, 5.41) is 15.4. The molecule has 1 aliphatic heterocycles. The van der Waals surface area contributed by atoms with Crippen LogP contribution in [-0.2, 0) is 17.6 Å². The van der Waals surface area contributed by atoms with Crippen molar-refractivity contribution in [1.29, 1.82) is 0 Å². The van der Waals surface area contributed by atoms with Crippen LogP contribution in [0.3, 0.4) is 0 Å². The summed E-state index contributed by atoms with van der Waals surface area (Å²) in [5.74, 6) is -2.19. The number of nitrogens with zero attached hydrogens (tertiary/aromatic N) is 3. The van der Waals surface area contributed by atoms with Crippen LogP contribution in [0.2, 0.25) is 0 Å². The number of aromatic nitrogens is 3. The number of pyridine rings is 1. The highest BCUT2D eigenvalue weighted by atomic mass is 19.4. The van der Waals surface area contributed by atoms with Crippen molar-refractivity contribution in [2.75, 3.05) is 38.2 Å². The average molecular weight is 566 g/mol. The summed E-state index contributed by atoms with van der Waals surface area (Å²) in [6, 6.07) is 10.1. The monoisotopic (exact) mass is 565 g/mol. The van der Waals surface area contributed by atoms with E-state index in [0.29, 0.717) is 50.3 Å². The lowest BCUT2D eigenvalue weighted by Gasteiger charge is -2.31. The van der Waals surface area contributed by atoms with Crippen LogP contribution in [0.5, 0.6) is 5.75 Å². The number of benzene rings is 1. The van der Waals surface area contributed by atoms with Gasteiger partial charge in [-0.05, 0) is 36.2 Å². The predicted octanol–water partition coefficient (Wildman–Crippen LogP) is 1.15. The molecule has 0 bridgehead atoms. The highest BCUT2D eigenvalue weighted by Crippen LogP contribution is 2.19. The van der Waals surface area contributed by atoms with E-state index in [9.17, 15) is 27.2 Å². The highest BCUT2D eigenvalue weighted by Gasteiger charge is 2.29. The van der Waals surface area contributed by atoms with E-state index in [4.69, 9.17) is 14.6 Å². The van der Waals surface area contributed by atoms with Crippen molar-refractivity contribution in [3.05, 3.63) is 81.2 Å². The third-order valence-electron chi connectivity index (χ3n) is 6.10. The normalized spacial score (nSPS) is 13.3. The second-order valence-electron chi connectivity index (χ2n) is 8.74. The fourth-order valence-corrected chi connectivity index (χ4v) is 3.95. The van der Waals surface area contributed by atoms with E-state index in [1.165, 1.54) is 6.07 Å². The molecule has 1 saturated heterocycles. The van der Waals surface area contributed by atoms with Gasteiger partial charge in [-0.1, -0.05) is 13.0 Å². The van der Waals surface area contributed by atoms with Gasteiger partial charge in [0.2, 0.25) is 0 Å². The van der Waals surface area contributed by atoms with Crippen molar-refractivity contribution >= 4 is 17.7 Å². The van der Waals surface area contributed by atoms with E-state index < -0.39 is 18.0 Å². The molecule has 3 aromatic rings. The first-order valence-electron chi connectivity index (χ1n) is 12.2. The quantitative estimate of drug-likeness (QED) is 0.444. The average Bonchev–Trinajstić information content (AvgIpc) is 2.94. The number of halogens is 4. The van der Waals surface area contributed by atoms with Crippen molar-refractivity contribution in [1.82, 2.24) is 15.1 Å². The Bertz CT molecular complexity index is 1390. The number of aliphatic carboxylic acids is 1. The molecule has 0 atom stereocenters. The van der Waals surface area contributed by atoms with Gasteiger partial charge in [-0.25, -0.2) is 14.5 Å². The number of hydrogen-bond donors (Lipinski definition) is 1. The molecule has 1 amide bonds. The van der Waals surface area contributed by atoms with Crippen molar-refractivity contribution in [2.45, 2.75) is 25.9 Å². The molecule has 4 rings (SSSR count). The van der Waals surface area contributed by atoms with Gasteiger partial charge in [-0.15, -0.1) is 0 Å². The zero-order valence-corrected chi connectivity index (χ0v) is 21.7. The van der Waals surface area contributed by atoms with Crippen LogP contribution >= 0.6 is 0 Å². The summed E-state index contributed by atoms with van der Waals surface area (Å²) >= 11 is 0. The van der Waals surface area contributed by atoms with Crippen molar-refractivity contribution in [2.24, 2.45) is 0 Å². The minimum atomic E-state index is -5.19. The molecule has 1 fully saturated rings. The number of aromatic amines is 2. The Labute approximate surface area is 226 Å². The van der Waals surface area contributed by atoms with Crippen molar-refractivity contribution in [3.63, 3.8) is 0 Å². The zero-order chi connectivity index (χ0) is 29.4. The Hall–Kier alpha value is -4.49. The molecule has 3 heterocycles. The number of ether oxygens (including phenoxy) is 1. The first kappa shape index (κ1) is 30.1. The molecule has 10 nitrogen and oxygen atoms in total. The second-order valence-corrected chi connectivity index (χ2v) is 8.74. The van der Waals surface area contributed by atoms with Gasteiger partial charge in [0.1, 0.15) is 31.1 Å². The molecular formula is C26H27F4N5O5. The number of carboxylic acids is 1. The molecule has 14 heteroatoms. The van der Waals surface area contributed by atoms with Gasteiger partial charge in [-0.2, -0.15) is 18.3 Å². The van der Waals surface area contributed by atoms with Gasteiger partial charge in [-0.3, -0.25) is 14.5 Å². The van der Waals surface area contributed by atoms with E-state index >= 15 is 0 Å². The number of methoxy groups -OCH3 is 1. The number of piperazine rings is 1. The predicted molar refractivity (Wildman–Crippen MR) is 132 cm³/mol. The van der Waals surface area contributed by atoms with E-state index in [1.807, 2.05) is 19.1 Å². The van der Waals surface area contributed by atoms with Gasteiger partial charge in [0, 0.05) is 18.1 Å². The zero-order valence-electron chi connectivity index (χ0n) is 21.7. The van der Waals surface area contributed by atoms with Gasteiger partial charge in [0.05, 0.1) is 31.5 Å². The van der Waals surface area contributed by atoms with E-state index in [-0.39, 0.29) is 17.0 Å². The van der Waals surface area contributed by atoms with Crippen LogP contribution in [0.1, 0.15) is 34.1 Å². The maximum Gasteiger partial charge on any atom is 0.430 e. The number of anilines is 1. The minimum Gasteiger partial charge on any atom is -0.542 e. The summed E-state index contributed by atoms with van der Waals surface area (Å²) in [7, 11) is 1.61. The Morgan fingerprint density at radius 1 is 1.12 bits per heavy atom. The molecule has 2 N–H and O–H groups in total. The number of nitrogens with one attached hydrogen (secondary N) is 2. The molecule has 0 unspecified atom stereocenters. The molecule has 0 aliphatic carbocycles. The third-order valence-corrected chi connectivity index (χ3v) is 6.10. The molecule has 40 heavy (non-hydrogen) atoms. The van der Waals surface area contributed by atoms with Crippen LogP contribution < -0.4 is 25.3 Å². The Morgan fingerprint density at radius 2 is 1.80 bits per heavy atom. The largest absolute Gasteiger partial charge is 0.542 e. The highest BCUT2D eigenvalue weighted by molar-refractivity contribution is 5.94. The lowest BCUT2D eigenvalue weighted by molar-refractivity contribution is -0.365. The number of aryl methyl sites for hydroxylation is 1. The van der Waals surface area contributed by atoms with Crippen LogP contribution in [0, 0.1) is 5.82 Å². The Kier molecular flexibility index (Phi) is 9.80. The minimum absolute atomic E-state index is 0.0529. The number of carboxylic acid groups (broad SMARTS) is 1. The summed E-state index contributed by atoms with van der Waals surface area (Å²) < 4.78 is 51.3. The lowest BCUT2D eigenvalue weighted by atomic mass is 10.0. The fraction of sp³-hybridized carbons (Fsp3) is 0.346. The fourth-order valence-electron chi connectivity index (χ4n) is 3.95.